The molecule has 7 nitrogen and oxygen atoms in total. The standard InChI is InChI=1S/C10H15N5O2/c11-14-9-6-12-8(5-13-9)10(17)15(3-4-16)7-1-2-7/h5-7,16H,1-4,11H2,(H,13,14). The Balaban J connectivity index is 2.10. The molecule has 1 heterocycles. The summed E-state index contributed by atoms with van der Waals surface area (Å²) in [7, 11) is 0. The van der Waals surface area contributed by atoms with Crippen LogP contribution < -0.4 is 11.3 Å². The molecule has 0 bridgehead atoms. The predicted molar refractivity (Wildman–Crippen MR) is 61.0 cm³/mol. The number of anilines is 1. The van der Waals surface area contributed by atoms with Crippen LogP contribution in [0.3, 0.4) is 0 Å². The van der Waals surface area contributed by atoms with E-state index < -0.39 is 0 Å². The van der Waals surface area contributed by atoms with Gasteiger partial charge in [-0.15, -0.1) is 0 Å². The number of carbonyl (C=O) groups is 1. The third kappa shape index (κ3) is 2.69. The minimum atomic E-state index is -0.197. The molecule has 0 radical (unpaired) electrons. The predicted octanol–water partition coefficient (Wildman–Crippen LogP) is -0.641. The summed E-state index contributed by atoms with van der Waals surface area (Å²) in [4.78, 5) is 21.6. The van der Waals surface area contributed by atoms with Crippen LogP contribution >= 0.6 is 0 Å². The Kier molecular flexibility index (Phi) is 3.50. The highest BCUT2D eigenvalue weighted by Gasteiger charge is 2.33. The zero-order valence-corrected chi connectivity index (χ0v) is 9.33. The van der Waals surface area contributed by atoms with Crippen LogP contribution in [0.1, 0.15) is 23.3 Å². The van der Waals surface area contributed by atoms with Crippen LogP contribution in [-0.4, -0.2) is 45.1 Å². The Labute approximate surface area is 98.6 Å². The second-order valence-corrected chi connectivity index (χ2v) is 3.88. The highest BCUT2D eigenvalue weighted by atomic mass is 16.3. The molecule has 0 aliphatic heterocycles. The fraction of sp³-hybridized carbons (Fsp3) is 0.500. The fourth-order valence-electron chi connectivity index (χ4n) is 1.60. The fourth-order valence-corrected chi connectivity index (χ4v) is 1.60. The van der Waals surface area contributed by atoms with Crippen LogP contribution in [-0.2, 0) is 0 Å². The molecule has 0 spiro atoms. The number of aromatic nitrogens is 2. The number of nitrogens with one attached hydrogen (secondary N) is 1. The lowest BCUT2D eigenvalue weighted by Crippen LogP contribution is -2.36. The summed E-state index contributed by atoms with van der Waals surface area (Å²) in [5.41, 5.74) is 2.61. The van der Waals surface area contributed by atoms with Crippen molar-refractivity contribution < 1.29 is 9.90 Å². The molecule has 0 unspecified atom stereocenters. The molecule has 1 aromatic rings. The van der Waals surface area contributed by atoms with Gasteiger partial charge in [0, 0.05) is 12.6 Å². The minimum Gasteiger partial charge on any atom is -0.395 e. The summed E-state index contributed by atoms with van der Waals surface area (Å²) in [6.45, 7) is 0.292. The van der Waals surface area contributed by atoms with Gasteiger partial charge in [-0.05, 0) is 12.8 Å². The van der Waals surface area contributed by atoms with Crippen LogP contribution in [0, 0.1) is 0 Å². The highest BCUT2D eigenvalue weighted by Crippen LogP contribution is 2.27. The molecular formula is C10H15N5O2. The lowest BCUT2D eigenvalue weighted by atomic mass is 10.3. The van der Waals surface area contributed by atoms with Crippen molar-refractivity contribution in [1.82, 2.24) is 14.9 Å². The molecule has 0 saturated heterocycles. The van der Waals surface area contributed by atoms with Crippen LogP contribution in [0.2, 0.25) is 0 Å². The van der Waals surface area contributed by atoms with Gasteiger partial charge in [-0.25, -0.2) is 15.8 Å². The number of hydrazine groups is 1. The van der Waals surface area contributed by atoms with Crippen molar-refractivity contribution in [3.63, 3.8) is 0 Å². The molecule has 7 heteroatoms. The molecule has 1 aliphatic carbocycles. The molecule has 4 N–H and O–H groups in total. The van der Waals surface area contributed by atoms with Gasteiger partial charge in [0.15, 0.2) is 5.82 Å². The summed E-state index contributed by atoms with van der Waals surface area (Å²) in [5, 5.41) is 8.93. The van der Waals surface area contributed by atoms with Crippen molar-refractivity contribution in [2.75, 3.05) is 18.6 Å². The topological polar surface area (TPSA) is 104 Å². The van der Waals surface area contributed by atoms with E-state index in [0.717, 1.165) is 12.8 Å². The van der Waals surface area contributed by atoms with Gasteiger partial charge in [0.1, 0.15) is 5.69 Å². The smallest absolute Gasteiger partial charge is 0.274 e. The van der Waals surface area contributed by atoms with Crippen LogP contribution in [0.15, 0.2) is 12.4 Å². The number of carbonyl (C=O) groups excluding carboxylic acids is 1. The van der Waals surface area contributed by atoms with E-state index >= 15 is 0 Å². The number of amides is 1. The molecule has 1 amide bonds. The number of hydrogen-bond acceptors (Lipinski definition) is 6. The molecule has 1 aromatic heterocycles. The molecule has 1 aliphatic rings. The first-order chi connectivity index (χ1) is 8.26. The van der Waals surface area contributed by atoms with E-state index in [0.29, 0.717) is 12.4 Å². The van der Waals surface area contributed by atoms with E-state index in [1.807, 2.05) is 0 Å². The number of nitrogen functional groups attached to an aromatic ring is 1. The van der Waals surface area contributed by atoms with E-state index in [-0.39, 0.29) is 24.2 Å². The van der Waals surface area contributed by atoms with Gasteiger partial charge in [-0.1, -0.05) is 0 Å². The SMILES string of the molecule is NNc1cnc(C(=O)N(CCO)C2CC2)cn1. The summed E-state index contributed by atoms with van der Waals surface area (Å²) in [6, 6.07) is 0.240. The van der Waals surface area contributed by atoms with Crippen molar-refractivity contribution in [3.05, 3.63) is 18.1 Å². The monoisotopic (exact) mass is 237 g/mol. The van der Waals surface area contributed by atoms with Crippen molar-refractivity contribution in [1.29, 1.82) is 0 Å². The lowest BCUT2D eigenvalue weighted by molar-refractivity contribution is 0.0701. The lowest BCUT2D eigenvalue weighted by Gasteiger charge is -2.20. The maximum atomic E-state index is 12.1. The Hall–Kier alpha value is -1.73. The van der Waals surface area contributed by atoms with Crippen molar-refractivity contribution in [3.8, 4) is 0 Å². The summed E-state index contributed by atoms with van der Waals surface area (Å²) < 4.78 is 0. The molecule has 17 heavy (non-hydrogen) atoms. The summed E-state index contributed by atoms with van der Waals surface area (Å²) >= 11 is 0. The van der Waals surface area contributed by atoms with Gasteiger partial charge in [0.25, 0.3) is 5.91 Å². The average Bonchev–Trinajstić information content (AvgIpc) is 3.19. The van der Waals surface area contributed by atoms with E-state index in [4.69, 9.17) is 10.9 Å². The third-order valence-electron chi connectivity index (χ3n) is 2.61. The Morgan fingerprint density at radius 2 is 2.29 bits per heavy atom. The molecular weight excluding hydrogens is 222 g/mol. The van der Waals surface area contributed by atoms with Crippen molar-refractivity contribution in [2.24, 2.45) is 5.84 Å². The number of nitrogens with two attached hydrogens (primary N) is 1. The first kappa shape index (κ1) is 11.7. The zero-order chi connectivity index (χ0) is 12.3. The van der Waals surface area contributed by atoms with E-state index in [2.05, 4.69) is 15.4 Å². The zero-order valence-electron chi connectivity index (χ0n) is 9.33. The Bertz CT molecular complexity index is 390. The maximum absolute atomic E-state index is 12.1. The molecule has 2 rings (SSSR count). The van der Waals surface area contributed by atoms with Crippen molar-refractivity contribution in [2.45, 2.75) is 18.9 Å². The second kappa shape index (κ2) is 5.07. The third-order valence-corrected chi connectivity index (χ3v) is 2.61. The van der Waals surface area contributed by atoms with Crippen LogP contribution in [0.4, 0.5) is 5.82 Å². The van der Waals surface area contributed by atoms with Gasteiger partial charge in [-0.2, -0.15) is 0 Å². The Morgan fingerprint density at radius 3 is 2.76 bits per heavy atom. The molecule has 1 fully saturated rings. The molecule has 0 atom stereocenters. The maximum Gasteiger partial charge on any atom is 0.274 e. The molecule has 0 aromatic carbocycles. The first-order valence-electron chi connectivity index (χ1n) is 5.46. The minimum absolute atomic E-state index is 0.0435. The number of hydrogen-bond donors (Lipinski definition) is 3. The van der Waals surface area contributed by atoms with E-state index in [1.54, 1.807) is 4.90 Å². The first-order valence-corrected chi connectivity index (χ1v) is 5.46. The number of nitrogens with zero attached hydrogens (tertiary/aromatic N) is 3. The molecule has 1 saturated carbocycles. The quantitative estimate of drug-likeness (QED) is 0.465. The van der Waals surface area contributed by atoms with E-state index in [1.165, 1.54) is 12.4 Å². The Morgan fingerprint density at radius 1 is 1.53 bits per heavy atom. The van der Waals surface area contributed by atoms with E-state index in [9.17, 15) is 4.79 Å². The number of aliphatic hydroxyl groups excluding tert-OH is 1. The van der Waals surface area contributed by atoms with Crippen LogP contribution in [0.5, 0.6) is 0 Å². The highest BCUT2D eigenvalue weighted by molar-refractivity contribution is 5.92. The summed E-state index contributed by atoms with van der Waals surface area (Å²) in [5.74, 6) is 5.37. The average molecular weight is 237 g/mol. The second-order valence-electron chi connectivity index (χ2n) is 3.88. The van der Waals surface area contributed by atoms with Crippen LogP contribution in [0.25, 0.3) is 0 Å². The number of aliphatic hydroxyl groups is 1. The van der Waals surface area contributed by atoms with Gasteiger partial charge >= 0.3 is 0 Å². The van der Waals surface area contributed by atoms with Gasteiger partial charge in [0.2, 0.25) is 0 Å². The largest absolute Gasteiger partial charge is 0.395 e. The molecule has 92 valence electrons. The van der Waals surface area contributed by atoms with Gasteiger partial charge < -0.3 is 15.4 Å². The summed E-state index contributed by atoms with van der Waals surface area (Å²) in [6.07, 6.45) is 4.75. The number of rotatable bonds is 5. The van der Waals surface area contributed by atoms with Crippen molar-refractivity contribution >= 4 is 11.7 Å². The normalized spacial score (nSPS) is 14.5. The van der Waals surface area contributed by atoms with Gasteiger partial charge in [0.05, 0.1) is 19.0 Å². The van der Waals surface area contributed by atoms with Gasteiger partial charge in [-0.3, -0.25) is 4.79 Å².